The van der Waals surface area contributed by atoms with E-state index in [9.17, 15) is 4.79 Å². The van der Waals surface area contributed by atoms with Crippen LogP contribution in [0.5, 0.6) is 0 Å². The van der Waals surface area contributed by atoms with E-state index in [1.807, 2.05) is 6.92 Å². The highest BCUT2D eigenvalue weighted by molar-refractivity contribution is 5.79. The first-order chi connectivity index (χ1) is 11.9. The molecule has 0 spiro atoms. The van der Waals surface area contributed by atoms with Gasteiger partial charge in [-0.25, -0.2) is 0 Å². The van der Waals surface area contributed by atoms with E-state index in [0.29, 0.717) is 17.1 Å². The second kappa shape index (κ2) is 6.01. The summed E-state index contributed by atoms with van der Waals surface area (Å²) in [6.45, 7) is 6.79. The summed E-state index contributed by atoms with van der Waals surface area (Å²) in [4.78, 5) is 15.3. The van der Waals surface area contributed by atoms with E-state index in [4.69, 9.17) is 5.53 Å². The van der Waals surface area contributed by atoms with Gasteiger partial charge in [0.1, 0.15) is 5.78 Å². The Labute approximate surface area is 151 Å². The molecule has 4 aliphatic rings. The van der Waals surface area contributed by atoms with Crippen molar-refractivity contribution < 1.29 is 4.79 Å². The fourth-order valence-corrected chi connectivity index (χ4v) is 8.08. The summed E-state index contributed by atoms with van der Waals surface area (Å²) >= 11 is 0. The van der Waals surface area contributed by atoms with Gasteiger partial charge in [-0.15, -0.1) is 0 Å². The largest absolute Gasteiger partial charge is 0.300 e. The molecule has 25 heavy (non-hydrogen) atoms. The van der Waals surface area contributed by atoms with Gasteiger partial charge in [-0.2, -0.15) is 0 Å². The third kappa shape index (κ3) is 2.47. The lowest BCUT2D eigenvalue weighted by atomic mass is 9.44. The van der Waals surface area contributed by atoms with Crippen LogP contribution in [-0.2, 0) is 4.79 Å². The minimum Gasteiger partial charge on any atom is -0.300 e. The molecule has 0 saturated heterocycles. The van der Waals surface area contributed by atoms with Crippen LogP contribution in [0.25, 0.3) is 10.4 Å². The summed E-state index contributed by atoms with van der Waals surface area (Å²) in [6, 6.07) is 0.224. The number of hydrogen-bond acceptors (Lipinski definition) is 2. The van der Waals surface area contributed by atoms with Crippen molar-refractivity contribution >= 4 is 5.78 Å². The Bertz CT molecular complexity index is 612. The van der Waals surface area contributed by atoms with Crippen LogP contribution in [0, 0.1) is 40.4 Å². The number of carbonyl (C=O) groups is 1. The third-order valence-electron chi connectivity index (χ3n) is 9.34. The molecule has 0 aliphatic heterocycles. The molecule has 0 aromatic rings. The quantitative estimate of drug-likeness (QED) is 0.349. The Kier molecular flexibility index (Phi) is 4.18. The number of ketones is 1. The Morgan fingerprint density at radius 1 is 1.00 bits per heavy atom. The third-order valence-corrected chi connectivity index (χ3v) is 9.34. The zero-order chi connectivity index (χ0) is 17.8. The van der Waals surface area contributed by atoms with Gasteiger partial charge in [-0.05, 0) is 105 Å². The van der Waals surface area contributed by atoms with E-state index in [2.05, 4.69) is 23.9 Å². The average molecular weight is 344 g/mol. The number of Topliss-reactive ketones (excluding diaryl/α,β-unsaturated/α-hetero) is 1. The standard InChI is InChI=1S/C21H33N3O/c1-13(25)17-6-7-18-16-5-4-14-12-15(23-24-22)8-10-20(14,2)19(16)9-11-21(17,18)3/h14-19H,4-12H2,1-3H3/t14-,15?,16-,17+,18-,19-,20-,21+/m0/s1. The molecular formula is C21H33N3O. The lowest BCUT2D eigenvalue weighted by molar-refractivity contribution is -0.133. The molecule has 0 amide bonds. The number of nitrogens with zero attached hydrogens (tertiary/aromatic N) is 3. The number of carbonyl (C=O) groups excluding carboxylic acids is 1. The maximum Gasteiger partial charge on any atom is 0.133 e. The molecule has 1 unspecified atom stereocenters. The van der Waals surface area contributed by atoms with Crippen molar-refractivity contribution in [3.8, 4) is 0 Å². The monoisotopic (exact) mass is 343 g/mol. The van der Waals surface area contributed by atoms with E-state index in [1.165, 1.54) is 38.5 Å². The summed E-state index contributed by atoms with van der Waals surface area (Å²) < 4.78 is 0. The summed E-state index contributed by atoms with van der Waals surface area (Å²) in [5.74, 6) is 3.87. The van der Waals surface area contributed by atoms with Gasteiger partial charge in [0.2, 0.25) is 0 Å². The Morgan fingerprint density at radius 2 is 1.72 bits per heavy atom. The van der Waals surface area contributed by atoms with Crippen LogP contribution in [-0.4, -0.2) is 11.8 Å². The first-order valence-corrected chi connectivity index (χ1v) is 10.4. The van der Waals surface area contributed by atoms with Gasteiger partial charge in [0.25, 0.3) is 0 Å². The molecular weight excluding hydrogens is 310 g/mol. The highest BCUT2D eigenvalue weighted by atomic mass is 16.1. The molecule has 0 radical (unpaired) electrons. The predicted molar refractivity (Wildman–Crippen MR) is 98.8 cm³/mol. The van der Waals surface area contributed by atoms with Crippen LogP contribution in [0.4, 0.5) is 0 Å². The molecule has 4 heteroatoms. The van der Waals surface area contributed by atoms with Crippen molar-refractivity contribution in [3.63, 3.8) is 0 Å². The van der Waals surface area contributed by atoms with E-state index < -0.39 is 0 Å². The molecule has 4 rings (SSSR count). The predicted octanol–water partition coefficient (Wildman–Crippen LogP) is 5.91. The summed E-state index contributed by atoms with van der Waals surface area (Å²) in [7, 11) is 0. The van der Waals surface area contributed by atoms with Gasteiger partial charge in [0.05, 0.1) is 0 Å². The molecule has 4 nitrogen and oxygen atoms in total. The van der Waals surface area contributed by atoms with Crippen LogP contribution in [0.15, 0.2) is 5.11 Å². The molecule has 0 aromatic heterocycles. The van der Waals surface area contributed by atoms with Gasteiger partial charge in [0, 0.05) is 16.9 Å². The van der Waals surface area contributed by atoms with Crippen LogP contribution >= 0.6 is 0 Å². The summed E-state index contributed by atoms with van der Waals surface area (Å²) in [5, 5.41) is 4.05. The normalized spacial score (nSPS) is 51.6. The van der Waals surface area contributed by atoms with Gasteiger partial charge >= 0.3 is 0 Å². The van der Waals surface area contributed by atoms with Crippen LogP contribution in [0.1, 0.15) is 78.6 Å². The number of rotatable bonds is 2. The molecule has 4 fully saturated rings. The lowest BCUT2D eigenvalue weighted by Crippen LogP contribution is -2.54. The van der Waals surface area contributed by atoms with Gasteiger partial charge < -0.3 is 0 Å². The molecule has 8 atom stereocenters. The number of hydrogen-bond donors (Lipinski definition) is 0. The topological polar surface area (TPSA) is 65.8 Å². The van der Waals surface area contributed by atoms with Crippen LogP contribution in [0.3, 0.4) is 0 Å². The van der Waals surface area contributed by atoms with E-state index in [1.54, 1.807) is 0 Å². The lowest BCUT2D eigenvalue weighted by Gasteiger charge is -2.61. The first-order valence-electron chi connectivity index (χ1n) is 10.4. The van der Waals surface area contributed by atoms with Crippen molar-refractivity contribution in [2.75, 3.05) is 0 Å². The molecule has 0 heterocycles. The van der Waals surface area contributed by atoms with E-state index >= 15 is 0 Å². The number of azide groups is 1. The summed E-state index contributed by atoms with van der Waals surface area (Å²) in [5.41, 5.74) is 9.49. The van der Waals surface area contributed by atoms with Crippen molar-refractivity contribution in [1.29, 1.82) is 0 Å². The Hall–Kier alpha value is -1.02. The smallest absolute Gasteiger partial charge is 0.133 e. The molecule has 0 aromatic carbocycles. The van der Waals surface area contributed by atoms with Crippen molar-refractivity contribution in [3.05, 3.63) is 10.4 Å². The average Bonchev–Trinajstić information content (AvgIpc) is 2.93. The Balaban J connectivity index is 1.58. The molecule has 0 N–H and O–H groups in total. The second-order valence-electron chi connectivity index (χ2n) is 10.1. The van der Waals surface area contributed by atoms with Gasteiger partial charge in [-0.1, -0.05) is 19.0 Å². The minimum atomic E-state index is 0.224. The Morgan fingerprint density at radius 3 is 2.44 bits per heavy atom. The van der Waals surface area contributed by atoms with Crippen molar-refractivity contribution in [1.82, 2.24) is 0 Å². The summed E-state index contributed by atoms with van der Waals surface area (Å²) in [6.07, 6.45) is 11.0. The molecule has 4 saturated carbocycles. The fraction of sp³-hybridized carbons (Fsp3) is 0.952. The number of fused-ring (bicyclic) bond motifs is 5. The fourth-order valence-electron chi connectivity index (χ4n) is 8.08. The zero-order valence-electron chi connectivity index (χ0n) is 16.1. The van der Waals surface area contributed by atoms with Crippen molar-refractivity contribution in [2.45, 2.75) is 84.6 Å². The highest BCUT2D eigenvalue weighted by Gasteiger charge is 2.60. The minimum absolute atomic E-state index is 0.224. The zero-order valence-corrected chi connectivity index (χ0v) is 16.1. The maximum atomic E-state index is 12.2. The SMILES string of the molecule is CC(=O)[C@H]1CC[C@H]2[C@@H]3CC[C@H]4CC(N=[N+]=[N-])CC[C@]4(C)[C@H]3CC[C@]12C. The first kappa shape index (κ1) is 17.4. The van der Waals surface area contributed by atoms with Crippen LogP contribution in [0.2, 0.25) is 0 Å². The van der Waals surface area contributed by atoms with Gasteiger partial charge in [0.15, 0.2) is 0 Å². The van der Waals surface area contributed by atoms with E-state index in [0.717, 1.165) is 42.9 Å². The molecule has 0 bridgehead atoms. The second-order valence-corrected chi connectivity index (χ2v) is 10.1. The highest BCUT2D eigenvalue weighted by Crippen LogP contribution is 2.67. The van der Waals surface area contributed by atoms with Gasteiger partial charge in [-0.3, -0.25) is 4.79 Å². The molecule has 138 valence electrons. The van der Waals surface area contributed by atoms with E-state index in [-0.39, 0.29) is 11.5 Å². The van der Waals surface area contributed by atoms with Crippen LogP contribution < -0.4 is 0 Å². The maximum absolute atomic E-state index is 12.2. The van der Waals surface area contributed by atoms with Crippen molar-refractivity contribution in [2.24, 2.45) is 45.5 Å². The molecule has 4 aliphatic carbocycles.